The predicted molar refractivity (Wildman–Crippen MR) is 79.3 cm³/mol. The minimum atomic E-state index is -0.414. The molecular weight excluding hydrogens is 325 g/mol. The molecule has 0 heterocycles. The number of amides is 1. The number of hydrogen-bond donors (Lipinski definition) is 1. The van der Waals surface area contributed by atoms with Crippen molar-refractivity contribution < 1.29 is 13.9 Å². The maximum Gasteiger partial charge on any atom is 0.227 e. The van der Waals surface area contributed by atoms with E-state index in [1.54, 1.807) is 12.1 Å². The molecule has 0 bridgehead atoms. The maximum absolute atomic E-state index is 13.3. The van der Waals surface area contributed by atoms with Crippen molar-refractivity contribution in [1.82, 2.24) is 0 Å². The average molecular weight is 338 g/mol. The molecular formula is C15H13BrFNO2. The highest BCUT2D eigenvalue weighted by molar-refractivity contribution is 9.10. The van der Waals surface area contributed by atoms with Crippen LogP contribution in [-0.2, 0) is 4.79 Å². The van der Waals surface area contributed by atoms with Crippen LogP contribution in [-0.4, -0.2) is 12.5 Å². The number of para-hydroxylation sites is 1. The van der Waals surface area contributed by atoms with Crippen LogP contribution in [0.25, 0.3) is 0 Å². The molecule has 0 saturated heterocycles. The molecule has 0 aliphatic heterocycles. The lowest BCUT2D eigenvalue weighted by molar-refractivity contribution is -0.116. The number of halogens is 2. The molecule has 1 amide bonds. The summed E-state index contributed by atoms with van der Waals surface area (Å²) in [4.78, 5) is 11.7. The second kappa shape index (κ2) is 7.05. The van der Waals surface area contributed by atoms with Crippen LogP contribution in [0.4, 0.5) is 10.1 Å². The molecule has 0 aliphatic rings. The van der Waals surface area contributed by atoms with Gasteiger partial charge in [-0.1, -0.05) is 18.2 Å². The van der Waals surface area contributed by atoms with E-state index in [0.29, 0.717) is 10.2 Å². The lowest BCUT2D eigenvalue weighted by atomic mass is 10.3. The topological polar surface area (TPSA) is 38.3 Å². The first kappa shape index (κ1) is 14.5. The molecule has 0 radical (unpaired) electrons. The molecule has 2 aromatic carbocycles. The average Bonchev–Trinajstić information content (AvgIpc) is 2.44. The smallest absolute Gasteiger partial charge is 0.227 e. The van der Waals surface area contributed by atoms with Gasteiger partial charge in [0.25, 0.3) is 0 Å². The fourth-order valence-electron chi connectivity index (χ4n) is 1.58. The Kier molecular flexibility index (Phi) is 5.12. The fraction of sp³-hybridized carbons (Fsp3) is 0.133. The van der Waals surface area contributed by atoms with Crippen LogP contribution in [0, 0.1) is 5.82 Å². The summed E-state index contributed by atoms with van der Waals surface area (Å²) >= 11 is 3.06. The maximum atomic E-state index is 13.3. The van der Waals surface area contributed by atoms with E-state index < -0.39 is 5.82 Å². The Balaban J connectivity index is 1.79. The highest BCUT2D eigenvalue weighted by atomic mass is 79.9. The van der Waals surface area contributed by atoms with Gasteiger partial charge >= 0.3 is 0 Å². The number of benzene rings is 2. The van der Waals surface area contributed by atoms with Crippen molar-refractivity contribution in [3.05, 3.63) is 58.8 Å². The van der Waals surface area contributed by atoms with E-state index in [4.69, 9.17) is 4.74 Å². The predicted octanol–water partition coefficient (Wildman–Crippen LogP) is 4.00. The van der Waals surface area contributed by atoms with Crippen LogP contribution in [0.2, 0.25) is 0 Å². The first-order valence-corrected chi connectivity index (χ1v) is 6.87. The number of carbonyl (C=O) groups is 1. The van der Waals surface area contributed by atoms with Gasteiger partial charge in [-0.3, -0.25) is 4.79 Å². The number of nitrogens with one attached hydrogen (secondary N) is 1. The van der Waals surface area contributed by atoms with Gasteiger partial charge in [-0.25, -0.2) is 4.39 Å². The zero-order valence-corrected chi connectivity index (χ0v) is 12.2. The molecule has 20 heavy (non-hydrogen) atoms. The van der Waals surface area contributed by atoms with Gasteiger partial charge in [0.05, 0.1) is 17.5 Å². The molecule has 2 rings (SSSR count). The van der Waals surface area contributed by atoms with E-state index in [9.17, 15) is 9.18 Å². The number of rotatable bonds is 5. The van der Waals surface area contributed by atoms with Crippen molar-refractivity contribution in [2.75, 3.05) is 11.9 Å². The number of carbonyl (C=O) groups excluding carboxylic acids is 1. The second-order valence-electron chi connectivity index (χ2n) is 4.09. The van der Waals surface area contributed by atoms with Gasteiger partial charge in [-0.15, -0.1) is 0 Å². The highest BCUT2D eigenvalue weighted by Crippen LogP contribution is 2.19. The van der Waals surface area contributed by atoms with E-state index in [1.165, 1.54) is 6.07 Å². The summed E-state index contributed by atoms with van der Waals surface area (Å²) in [6, 6.07) is 13.7. The molecule has 5 heteroatoms. The van der Waals surface area contributed by atoms with E-state index in [-0.39, 0.29) is 18.9 Å². The zero-order chi connectivity index (χ0) is 14.4. The van der Waals surface area contributed by atoms with Crippen LogP contribution in [0.3, 0.4) is 0 Å². The summed E-state index contributed by atoms with van der Waals surface area (Å²) in [5.74, 6) is 0.0842. The van der Waals surface area contributed by atoms with Crippen molar-refractivity contribution in [3.63, 3.8) is 0 Å². The van der Waals surface area contributed by atoms with Gasteiger partial charge < -0.3 is 10.1 Å². The van der Waals surface area contributed by atoms with Crippen LogP contribution in [0.5, 0.6) is 5.75 Å². The molecule has 0 unspecified atom stereocenters. The first-order valence-electron chi connectivity index (χ1n) is 6.08. The molecule has 0 saturated carbocycles. The normalized spacial score (nSPS) is 10.1. The van der Waals surface area contributed by atoms with Crippen LogP contribution < -0.4 is 10.1 Å². The van der Waals surface area contributed by atoms with Crippen molar-refractivity contribution >= 4 is 27.5 Å². The molecule has 0 spiro atoms. The van der Waals surface area contributed by atoms with E-state index in [2.05, 4.69) is 21.2 Å². The van der Waals surface area contributed by atoms with Crippen molar-refractivity contribution in [2.24, 2.45) is 0 Å². The molecule has 0 fully saturated rings. The summed E-state index contributed by atoms with van der Waals surface area (Å²) in [6.45, 7) is 0.273. The van der Waals surface area contributed by atoms with Crippen LogP contribution in [0.15, 0.2) is 53.0 Å². The largest absolute Gasteiger partial charge is 0.493 e. The van der Waals surface area contributed by atoms with E-state index >= 15 is 0 Å². The van der Waals surface area contributed by atoms with Crippen molar-refractivity contribution in [2.45, 2.75) is 6.42 Å². The van der Waals surface area contributed by atoms with Gasteiger partial charge in [0.1, 0.15) is 11.6 Å². The minimum Gasteiger partial charge on any atom is -0.493 e. The fourth-order valence-corrected chi connectivity index (χ4v) is 1.82. The molecule has 0 atom stereocenters. The Labute approximate surface area is 124 Å². The van der Waals surface area contributed by atoms with Gasteiger partial charge in [-0.05, 0) is 46.3 Å². The Bertz CT molecular complexity index is 590. The Hall–Kier alpha value is -1.88. The highest BCUT2D eigenvalue weighted by Gasteiger charge is 2.05. The summed E-state index contributed by atoms with van der Waals surface area (Å²) in [6.07, 6.45) is 0.201. The van der Waals surface area contributed by atoms with Crippen molar-refractivity contribution in [1.29, 1.82) is 0 Å². The number of anilines is 1. The third kappa shape index (κ3) is 4.35. The Morgan fingerprint density at radius 1 is 1.20 bits per heavy atom. The summed E-state index contributed by atoms with van der Waals surface area (Å²) in [7, 11) is 0. The molecule has 0 aromatic heterocycles. The summed E-state index contributed by atoms with van der Waals surface area (Å²) in [5.41, 5.74) is 0.426. The molecule has 3 nitrogen and oxygen atoms in total. The van der Waals surface area contributed by atoms with Gasteiger partial charge in [0.2, 0.25) is 5.91 Å². The van der Waals surface area contributed by atoms with Gasteiger partial charge in [0.15, 0.2) is 0 Å². The minimum absolute atomic E-state index is 0.201. The number of ether oxygens (including phenoxy) is 1. The standard InChI is InChI=1S/C15H13BrFNO2/c16-13-7-6-11(10-14(13)17)18-15(19)8-9-20-12-4-2-1-3-5-12/h1-7,10H,8-9H2,(H,18,19). The molecule has 2 aromatic rings. The van der Waals surface area contributed by atoms with Gasteiger partial charge in [0, 0.05) is 5.69 Å². The lowest BCUT2D eigenvalue weighted by Gasteiger charge is -2.07. The first-order chi connectivity index (χ1) is 9.65. The van der Waals surface area contributed by atoms with E-state index in [0.717, 1.165) is 5.75 Å². The Morgan fingerprint density at radius 3 is 2.65 bits per heavy atom. The van der Waals surface area contributed by atoms with Crippen molar-refractivity contribution in [3.8, 4) is 5.75 Å². The summed E-state index contributed by atoms with van der Waals surface area (Å²) < 4.78 is 19.1. The molecule has 1 N–H and O–H groups in total. The monoisotopic (exact) mass is 337 g/mol. The molecule has 104 valence electrons. The van der Waals surface area contributed by atoms with E-state index in [1.807, 2.05) is 30.3 Å². The SMILES string of the molecule is O=C(CCOc1ccccc1)Nc1ccc(Br)c(F)c1. The second-order valence-corrected chi connectivity index (χ2v) is 4.94. The lowest BCUT2D eigenvalue weighted by Crippen LogP contribution is -2.15. The van der Waals surface area contributed by atoms with Crippen LogP contribution >= 0.6 is 15.9 Å². The Morgan fingerprint density at radius 2 is 1.95 bits per heavy atom. The molecule has 0 aliphatic carbocycles. The quantitative estimate of drug-likeness (QED) is 0.895. The van der Waals surface area contributed by atoms with Crippen LogP contribution in [0.1, 0.15) is 6.42 Å². The van der Waals surface area contributed by atoms with Gasteiger partial charge in [-0.2, -0.15) is 0 Å². The summed E-state index contributed by atoms with van der Waals surface area (Å²) in [5, 5.41) is 2.62. The third-order valence-electron chi connectivity index (χ3n) is 2.54. The zero-order valence-electron chi connectivity index (χ0n) is 10.6. The number of hydrogen-bond acceptors (Lipinski definition) is 2. The third-order valence-corrected chi connectivity index (χ3v) is 3.19.